The Bertz CT molecular complexity index is 1180. The summed E-state index contributed by atoms with van der Waals surface area (Å²) in [5.74, 6) is 0. The molecule has 27 heavy (non-hydrogen) atoms. The molecule has 0 spiro atoms. The van der Waals surface area contributed by atoms with Gasteiger partial charge < -0.3 is 0 Å². The van der Waals surface area contributed by atoms with E-state index in [1.54, 1.807) is 23.7 Å². The van der Waals surface area contributed by atoms with Gasteiger partial charge in [0.25, 0.3) is 0 Å². The maximum Gasteiger partial charge on any atom is 0.125 e. The maximum absolute atomic E-state index is 4.89. The van der Waals surface area contributed by atoms with Crippen molar-refractivity contribution in [3.63, 3.8) is 0 Å². The van der Waals surface area contributed by atoms with Crippen molar-refractivity contribution >= 4 is 21.6 Å². The third-order valence-electron chi connectivity index (χ3n) is 4.51. The number of thiazole rings is 1. The van der Waals surface area contributed by atoms with Crippen LogP contribution in [0.4, 0.5) is 0 Å². The van der Waals surface area contributed by atoms with Crippen LogP contribution in [0.25, 0.3) is 43.0 Å². The molecule has 5 rings (SSSR count). The van der Waals surface area contributed by atoms with E-state index in [9.17, 15) is 0 Å². The zero-order valence-electron chi connectivity index (χ0n) is 14.4. The number of pyridine rings is 2. The minimum atomic E-state index is 1.01. The van der Waals surface area contributed by atoms with E-state index in [0.29, 0.717) is 0 Å². The first-order valence-corrected chi connectivity index (χ1v) is 9.51. The summed E-state index contributed by atoms with van der Waals surface area (Å²) in [5, 5.41) is 1.01. The predicted octanol–water partition coefficient (Wildman–Crippen LogP) is 6.09. The van der Waals surface area contributed by atoms with Crippen molar-refractivity contribution in [2.75, 3.05) is 0 Å². The molecule has 0 amide bonds. The van der Waals surface area contributed by atoms with Crippen LogP contribution in [0.3, 0.4) is 0 Å². The Kier molecular flexibility index (Phi) is 3.96. The lowest BCUT2D eigenvalue weighted by Crippen LogP contribution is -1.88. The van der Waals surface area contributed by atoms with Crippen LogP contribution in [0.5, 0.6) is 0 Å². The van der Waals surface area contributed by atoms with Crippen molar-refractivity contribution in [2.24, 2.45) is 0 Å². The highest BCUT2D eigenvalue weighted by atomic mass is 32.1. The molecular formula is C23H15N3S. The van der Waals surface area contributed by atoms with Crippen molar-refractivity contribution in [3.05, 3.63) is 91.5 Å². The van der Waals surface area contributed by atoms with E-state index in [1.165, 1.54) is 4.70 Å². The number of hydrogen-bond acceptors (Lipinski definition) is 4. The molecule has 5 aromatic rings. The van der Waals surface area contributed by atoms with E-state index in [2.05, 4.69) is 58.5 Å². The molecule has 0 N–H and O–H groups in total. The predicted molar refractivity (Wildman–Crippen MR) is 112 cm³/mol. The molecule has 0 radical (unpaired) electrons. The van der Waals surface area contributed by atoms with Gasteiger partial charge in [-0.05, 0) is 41.5 Å². The Morgan fingerprint density at radius 3 is 2.15 bits per heavy atom. The minimum absolute atomic E-state index is 1.01. The Morgan fingerprint density at radius 1 is 0.630 bits per heavy atom. The van der Waals surface area contributed by atoms with Crippen molar-refractivity contribution in [1.29, 1.82) is 0 Å². The van der Waals surface area contributed by atoms with Gasteiger partial charge in [-0.15, -0.1) is 11.3 Å². The molecule has 3 aromatic heterocycles. The second-order valence-electron chi connectivity index (χ2n) is 6.23. The number of para-hydroxylation sites is 1. The lowest BCUT2D eigenvalue weighted by Gasteiger charge is -2.10. The fourth-order valence-electron chi connectivity index (χ4n) is 3.20. The zero-order chi connectivity index (χ0) is 18.1. The van der Waals surface area contributed by atoms with Crippen LogP contribution in [0.1, 0.15) is 0 Å². The number of rotatable bonds is 3. The summed E-state index contributed by atoms with van der Waals surface area (Å²) in [5.41, 5.74) is 6.59. The normalized spacial score (nSPS) is 11.0. The van der Waals surface area contributed by atoms with Gasteiger partial charge in [0, 0.05) is 41.5 Å². The van der Waals surface area contributed by atoms with Gasteiger partial charge in [0.1, 0.15) is 5.01 Å². The third-order valence-corrected chi connectivity index (χ3v) is 5.58. The second kappa shape index (κ2) is 6.74. The number of hydrogen-bond donors (Lipinski definition) is 0. The quantitative estimate of drug-likeness (QED) is 0.388. The molecule has 0 atom stereocenters. The number of benzene rings is 2. The molecule has 0 saturated heterocycles. The molecule has 3 nitrogen and oxygen atoms in total. The summed E-state index contributed by atoms with van der Waals surface area (Å²) in [6.45, 7) is 0. The fourth-order valence-corrected chi connectivity index (χ4v) is 4.19. The van der Waals surface area contributed by atoms with Crippen LogP contribution in [0.15, 0.2) is 91.5 Å². The van der Waals surface area contributed by atoms with Crippen molar-refractivity contribution < 1.29 is 0 Å². The number of aromatic nitrogens is 3. The van der Waals surface area contributed by atoms with E-state index in [1.807, 2.05) is 30.6 Å². The van der Waals surface area contributed by atoms with Crippen molar-refractivity contribution in [2.45, 2.75) is 0 Å². The molecular weight excluding hydrogens is 350 g/mol. The summed E-state index contributed by atoms with van der Waals surface area (Å²) in [6, 6.07) is 22.8. The first kappa shape index (κ1) is 15.9. The molecule has 0 aliphatic heterocycles. The van der Waals surface area contributed by atoms with E-state index in [-0.39, 0.29) is 0 Å². The number of nitrogens with zero attached hydrogens (tertiary/aromatic N) is 3. The van der Waals surface area contributed by atoms with Gasteiger partial charge in [0.05, 0.1) is 10.2 Å². The van der Waals surface area contributed by atoms with Crippen LogP contribution < -0.4 is 0 Å². The zero-order valence-corrected chi connectivity index (χ0v) is 15.2. The van der Waals surface area contributed by atoms with E-state index >= 15 is 0 Å². The van der Waals surface area contributed by atoms with Gasteiger partial charge in [-0.3, -0.25) is 9.97 Å². The van der Waals surface area contributed by atoms with Gasteiger partial charge in [0.2, 0.25) is 0 Å². The Labute approximate surface area is 161 Å². The highest BCUT2D eigenvalue weighted by molar-refractivity contribution is 7.21. The second-order valence-corrected chi connectivity index (χ2v) is 7.26. The van der Waals surface area contributed by atoms with Crippen LogP contribution in [0, 0.1) is 0 Å². The molecule has 0 fully saturated rings. The lowest BCUT2D eigenvalue weighted by atomic mass is 9.96. The Hall–Kier alpha value is -3.37. The summed E-state index contributed by atoms with van der Waals surface area (Å²) in [6.07, 6.45) is 7.38. The van der Waals surface area contributed by atoms with E-state index in [0.717, 1.165) is 38.3 Å². The van der Waals surface area contributed by atoms with Crippen molar-refractivity contribution in [1.82, 2.24) is 15.0 Å². The van der Waals surface area contributed by atoms with E-state index in [4.69, 9.17) is 4.98 Å². The lowest BCUT2D eigenvalue weighted by molar-refractivity contribution is 1.32. The van der Waals surface area contributed by atoms with Gasteiger partial charge in [-0.1, -0.05) is 36.4 Å². The first-order valence-electron chi connectivity index (χ1n) is 8.69. The molecule has 3 heterocycles. The smallest absolute Gasteiger partial charge is 0.125 e. The molecule has 4 heteroatoms. The van der Waals surface area contributed by atoms with Crippen LogP contribution in [-0.4, -0.2) is 15.0 Å². The largest absolute Gasteiger partial charge is 0.264 e. The highest BCUT2D eigenvalue weighted by Gasteiger charge is 2.14. The molecule has 0 aliphatic rings. The van der Waals surface area contributed by atoms with Crippen molar-refractivity contribution in [3.8, 4) is 32.8 Å². The summed E-state index contributed by atoms with van der Waals surface area (Å²) in [7, 11) is 0. The standard InChI is InChI=1S/C23H15N3S/c1-2-8-22-21(7-1)26-23(27-22)20-13-16(17-5-3-11-24-14-17)9-10-19(20)18-6-4-12-25-15-18/h1-15H. The van der Waals surface area contributed by atoms with Crippen LogP contribution in [-0.2, 0) is 0 Å². The monoisotopic (exact) mass is 365 g/mol. The Morgan fingerprint density at radius 2 is 1.41 bits per heavy atom. The van der Waals surface area contributed by atoms with E-state index < -0.39 is 0 Å². The summed E-state index contributed by atoms with van der Waals surface area (Å²) in [4.78, 5) is 13.4. The van der Waals surface area contributed by atoms with Crippen LogP contribution >= 0.6 is 11.3 Å². The van der Waals surface area contributed by atoms with Gasteiger partial charge in [-0.25, -0.2) is 4.98 Å². The average molecular weight is 365 g/mol. The third kappa shape index (κ3) is 3.00. The molecule has 0 unspecified atom stereocenters. The SMILES string of the molecule is c1cncc(-c2ccc(-c3cccnc3)c(-c3nc4ccccc4s3)c2)c1. The molecule has 2 aromatic carbocycles. The molecule has 128 valence electrons. The average Bonchev–Trinajstić information content (AvgIpc) is 3.19. The maximum atomic E-state index is 4.89. The summed E-state index contributed by atoms with van der Waals surface area (Å²) >= 11 is 1.72. The first-order chi connectivity index (χ1) is 13.4. The van der Waals surface area contributed by atoms with Gasteiger partial charge >= 0.3 is 0 Å². The topological polar surface area (TPSA) is 38.7 Å². The Balaban J connectivity index is 1.74. The summed E-state index contributed by atoms with van der Waals surface area (Å²) < 4.78 is 1.19. The minimum Gasteiger partial charge on any atom is -0.264 e. The highest BCUT2D eigenvalue weighted by Crippen LogP contribution is 2.38. The van der Waals surface area contributed by atoms with Crippen LogP contribution in [0.2, 0.25) is 0 Å². The van der Waals surface area contributed by atoms with Gasteiger partial charge in [-0.2, -0.15) is 0 Å². The number of fused-ring (bicyclic) bond motifs is 1. The molecule has 0 aliphatic carbocycles. The molecule has 0 bridgehead atoms. The fraction of sp³-hybridized carbons (Fsp3) is 0. The van der Waals surface area contributed by atoms with Gasteiger partial charge in [0.15, 0.2) is 0 Å². The molecule has 0 saturated carbocycles.